The second kappa shape index (κ2) is 5.16. The smallest absolute Gasteiger partial charge is 0.300 e. The first-order chi connectivity index (χ1) is 5.04. The van der Waals surface area contributed by atoms with Gasteiger partial charge in [0.2, 0.25) is 0 Å². The van der Waals surface area contributed by atoms with Crippen molar-refractivity contribution in [1.82, 2.24) is 0 Å². The van der Waals surface area contributed by atoms with E-state index in [1.54, 1.807) is 0 Å². The van der Waals surface area contributed by atoms with Gasteiger partial charge in [0, 0.05) is 6.92 Å². The first kappa shape index (κ1) is 10.5. The highest BCUT2D eigenvalue weighted by atomic mass is 16.4. The summed E-state index contributed by atoms with van der Waals surface area (Å²) in [6, 6.07) is 0. The van der Waals surface area contributed by atoms with E-state index >= 15 is 0 Å². The Labute approximate surface area is 68.6 Å². The van der Waals surface area contributed by atoms with Crippen LogP contribution in [0, 0.1) is 11.8 Å². The Balaban J connectivity index is 0.000000218. The number of carbonyl (C=O) groups is 1. The van der Waals surface area contributed by atoms with E-state index in [1.165, 1.54) is 19.3 Å². The molecule has 0 aliphatic heterocycles. The van der Waals surface area contributed by atoms with Gasteiger partial charge in [0.05, 0.1) is 0 Å². The molecule has 0 radical (unpaired) electrons. The zero-order valence-corrected chi connectivity index (χ0v) is 7.63. The molecule has 0 heterocycles. The third kappa shape index (κ3) is 5.89. The van der Waals surface area contributed by atoms with Crippen LogP contribution in [0.15, 0.2) is 0 Å². The number of hydrogen-bond donors (Lipinski definition) is 1. The molecule has 2 heteroatoms. The molecule has 11 heavy (non-hydrogen) atoms. The molecular weight excluding hydrogens is 140 g/mol. The van der Waals surface area contributed by atoms with Crippen LogP contribution in [-0.2, 0) is 4.79 Å². The Hall–Kier alpha value is -0.530. The van der Waals surface area contributed by atoms with Gasteiger partial charge in [0.15, 0.2) is 0 Å². The molecule has 2 nitrogen and oxygen atoms in total. The van der Waals surface area contributed by atoms with Gasteiger partial charge >= 0.3 is 0 Å². The van der Waals surface area contributed by atoms with Crippen LogP contribution in [-0.4, -0.2) is 11.1 Å². The molecule has 1 rings (SSSR count). The van der Waals surface area contributed by atoms with E-state index in [0.717, 1.165) is 18.8 Å². The van der Waals surface area contributed by atoms with Gasteiger partial charge in [0.1, 0.15) is 0 Å². The van der Waals surface area contributed by atoms with E-state index in [4.69, 9.17) is 9.90 Å². The molecule has 0 amide bonds. The molecule has 2 unspecified atom stereocenters. The second-order valence-corrected chi connectivity index (χ2v) is 3.40. The molecule has 0 saturated heterocycles. The van der Waals surface area contributed by atoms with Crippen LogP contribution >= 0.6 is 0 Å². The fourth-order valence-electron chi connectivity index (χ4n) is 1.33. The highest BCUT2D eigenvalue weighted by molar-refractivity contribution is 5.62. The third-order valence-electron chi connectivity index (χ3n) is 2.29. The summed E-state index contributed by atoms with van der Waals surface area (Å²) < 4.78 is 0. The van der Waals surface area contributed by atoms with Crippen LogP contribution in [0.5, 0.6) is 0 Å². The average molecular weight is 158 g/mol. The molecule has 1 fully saturated rings. The van der Waals surface area contributed by atoms with Gasteiger partial charge in [-0.2, -0.15) is 0 Å². The molecule has 1 N–H and O–H groups in total. The number of carboxylic acids is 1. The van der Waals surface area contributed by atoms with Crippen molar-refractivity contribution in [2.24, 2.45) is 11.8 Å². The number of carboxylic acid groups (broad SMARTS) is 1. The molecule has 0 aromatic carbocycles. The average Bonchev–Trinajstić information content (AvgIpc) is 2.15. The van der Waals surface area contributed by atoms with Crippen LogP contribution in [0.4, 0.5) is 0 Å². The van der Waals surface area contributed by atoms with Gasteiger partial charge in [-0.25, -0.2) is 0 Å². The maximum atomic E-state index is 9.00. The first-order valence-corrected chi connectivity index (χ1v) is 4.23. The Morgan fingerprint density at radius 1 is 1.27 bits per heavy atom. The summed E-state index contributed by atoms with van der Waals surface area (Å²) in [5, 5.41) is 7.42. The fourth-order valence-corrected chi connectivity index (χ4v) is 1.33. The number of rotatable bonds is 0. The number of hydrogen-bond acceptors (Lipinski definition) is 1. The van der Waals surface area contributed by atoms with Crippen LogP contribution < -0.4 is 0 Å². The van der Waals surface area contributed by atoms with Gasteiger partial charge in [-0.3, -0.25) is 4.79 Å². The fraction of sp³-hybridized carbons (Fsp3) is 0.889. The maximum absolute atomic E-state index is 9.00. The summed E-state index contributed by atoms with van der Waals surface area (Å²) in [5.74, 6) is 1.19. The first-order valence-electron chi connectivity index (χ1n) is 4.23. The van der Waals surface area contributed by atoms with E-state index < -0.39 is 5.97 Å². The highest BCUT2D eigenvalue weighted by Gasteiger charge is 2.17. The van der Waals surface area contributed by atoms with Gasteiger partial charge in [0.25, 0.3) is 5.97 Å². The molecule has 0 aromatic rings. The Morgan fingerprint density at radius 2 is 1.55 bits per heavy atom. The van der Waals surface area contributed by atoms with Crippen molar-refractivity contribution >= 4 is 5.97 Å². The summed E-state index contributed by atoms with van der Waals surface area (Å²) in [6.45, 7) is 5.80. The second-order valence-electron chi connectivity index (χ2n) is 3.40. The zero-order valence-electron chi connectivity index (χ0n) is 7.63. The van der Waals surface area contributed by atoms with Crippen molar-refractivity contribution in [2.75, 3.05) is 0 Å². The van der Waals surface area contributed by atoms with E-state index in [1.807, 2.05) is 0 Å². The van der Waals surface area contributed by atoms with Crippen LogP contribution in [0.1, 0.15) is 40.0 Å². The van der Waals surface area contributed by atoms with Crippen LogP contribution in [0.25, 0.3) is 0 Å². The summed E-state index contributed by atoms with van der Waals surface area (Å²) in [5.41, 5.74) is 0. The largest absolute Gasteiger partial charge is 0.481 e. The van der Waals surface area contributed by atoms with Crippen LogP contribution in [0.3, 0.4) is 0 Å². The molecule has 0 bridgehead atoms. The van der Waals surface area contributed by atoms with Crippen molar-refractivity contribution in [3.8, 4) is 0 Å². The molecule has 1 aliphatic rings. The van der Waals surface area contributed by atoms with E-state index in [-0.39, 0.29) is 0 Å². The van der Waals surface area contributed by atoms with Gasteiger partial charge < -0.3 is 5.11 Å². The Kier molecular flexibility index (Phi) is 4.92. The molecule has 1 saturated carbocycles. The monoisotopic (exact) mass is 158 g/mol. The summed E-state index contributed by atoms with van der Waals surface area (Å²) in [7, 11) is 0. The van der Waals surface area contributed by atoms with Crippen molar-refractivity contribution in [3.63, 3.8) is 0 Å². The topological polar surface area (TPSA) is 37.3 Å². The van der Waals surface area contributed by atoms with Gasteiger partial charge in [-0.15, -0.1) is 0 Å². The molecule has 0 aromatic heterocycles. The molecule has 0 spiro atoms. The minimum atomic E-state index is -0.833. The summed E-state index contributed by atoms with van der Waals surface area (Å²) >= 11 is 0. The standard InChI is InChI=1S/C7H14.C2H4O2/c1-6-4-3-5-7(6)2;1-2(3)4/h6-7H,3-5H2,1-2H3;1H3,(H,3,4). The van der Waals surface area contributed by atoms with Gasteiger partial charge in [-0.05, 0) is 11.8 Å². The molecular formula is C9H18O2. The normalized spacial score (nSPS) is 29.0. The predicted octanol–water partition coefficient (Wildman–Crippen LogP) is 2.53. The lowest BCUT2D eigenvalue weighted by Gasteiger charge is -2.05. The third-order valence-corrected chi connectivity index (χ3v) is 2.29. The summed E-state index contributed by atoms with van der Waals surface area (Å²) in [6.07, 6.45) is 4.42. The lowest BCUT2D eigenvalue weighted by Crippen LogP contribution is -1.95. The SMILES string of the molecule is CC(=O)O.CC1CCCC1C. The zero-order chi connectivity index (χ0) is 8.85. The van der Waals surface area contributed by atoms with E-state index in [0.29, 0.717) is 0 Å². The molecule has 2 atom stereocenters. The lowest BCUT2D eigenvalue weighted by atomic mass is 10.0. The Morgan fingerprint density at radius 3 is 1.64 bits per heavy atom. The molecule has 1 aliphatic carbocycles. The van der Waals surface area contributed by atoms with E-state index in [2.05, 4.69) is 13.8 Å². The quantitative estimate of drug-likeness (QED) is 0.588. The predicted molar refractivity (Wildman–Crippen MR) is 45.5 cm³/mol. The van der Waals surface area contributed by atoms with Crippen molar-refractivity contribution in [1.29, 1.82) is 0 Å². The minimum absolute atomic E-state index is 0.833. The molecule has 66 valence electrons. The van der Waals surface area contributed by atoms with Gasteiger partial charge in [-0.1, -0.05) is 33.1 Å². The van der Waals surface area contributed by atoms with Crippen molar-refractivity contribution in [3.05, 3.63) is 0 Å². The minimum Gasteiger partial charge on any atom is -0.481 e. The highest BCUT2D eigenvalue weighted by Crippen LogP contribution is 2.29. The lowest BCUT2D eigenvalue weighted by molar-refractivity contribution is -0.134. The summed E-state index contributed by atoms with van der Waals surface area (Å²) in [4.78, 5) is 9.00. The van der Waals surface area contributed by atoms with Crippen LogP contribution in [0.2, 0.25) is 0 Å². The number of aliphatic carboxylic acids is 1. The Bertz CT molecular complexity index is 109. The maximum Gasteiger partial charge on any atom is 0.300 e. The van der Waals surface area contributed by atoms with E-state index in [9.17, 15) is 0 Å². The van der Waals surface area contributed by atoms with Crippen molar-refractivity contribution < 1.29 is 9.90 Å². The van der Waals surface area contributed by atoms with Crippen molar-refractivity contribution in [2.45, 2.75) is 40.0 Å².